The molecule has 7 heteroatoms. The van der Waals surface area contributed by atoms with Crippen molar-refractivity contribution >= 4 is 42.1 Å². The van der Waals surface area contributed by atoms with Gasteiger partial charge in [-0.05, 0) is 54.4 Å². The molecule has 2 saturated carbocycles. The Kier molecular flexibility index (Phi) is 5.17. The lowest BCUT2D eigenvalue weighted by Gasteiger charge is -2.37. The normalized spacial score (nSPS) is 28.5. The monoisotopic (exact) mass is 462 g/mol. The van der Waals surface area contributed by atoms with Crippen LogP contribution in [0.5, 0.6) is 0 Å². The smallest absolute Gasteiger partial charge is 0.277 e. The Balaban J connectivity index is 1.76. The lowest BCUT2D eigenvalue weighted by atomic mass is 9.70. The molecule has 0 saturated heterocycles. The average molecular weight is 463 g/mol. The van der Waals surface area contributed by atoms with Crippen molar-refractivity contribution in [3.8, 4) is 0 Å². The zero-order valence-electron chi connectivity index (χ0n) is 15.7. The summed E-state index contributed by atoms with van der Waals surface area (Å²) in [6.07, 6.45) is 5.84. The van der Waals surface area contributed by atoms with Crippen molar-refractivity contribution in [1.29, 1.82) is 0 Å². The lowest BCUT2D eigenvalue weighted by molar-refractivity contribution is -0.128. The van der Waals surface area contributed by atoms with E-state index in [4.69, 9.17) is 3.63 Å². The summed E-state index contributed by atoms with van der Waals surface area (Å²) in [6, 6.07) is 7.82. The zero-order valence-corrected chi connectivity index (χ0v) is 19.0. The van der Waals surface area contributed by atoms with Crippen molar-refractivity contribution < 1.29 is 16.8 Å². The SMILES string of the molecule is CC1(C)C2CCC1(CS(=O)(=O)OS(C)(C)Cc1ccc(Br)cc1)C(=O)C2. The molecule has 0 radical (unpaired) electrons. The molecule has 1 aromatic carbocycles. The molecule has 0 heterocycles. The van der Waals surface area contributed by atoms with Crippen molar-refractivity contribution in [2.24, 2.45) is 16.7 Å². The molecule has 2 aliphatic rings. The molecule has 0 aromatic heterocycles. The maximum absolute atomic E-state index is 12.9. The van der Waals surface area contributed by atoms with Crippen LogP contribution in [-0.2, 0) is 24.3 Å². The van der Waals surface area contributed by atoms with Crippen molar-refractivity contribution in [2.75, 3.05) is 18.3 Å². The summed E-state index contributed by atoms with van der Waals surface area (Å²) < 4.78 is 32.5. The quantitative estimate of drug-likeness (QED) is 0.615. The molecule has 1 aromatic rings. The van der Waals surface area contributed by atoms with Crippen molar-refractivity contribution in [3.05, 3.63) is 34.3 Å². The van der Waals surface area contributed by atoms with Crippen LogP contribution in [0.1, 0.15) is 38.7 Å². The minimum absolute atomic E-state index is 0.103. The van der Waals surface area contributed by atoms with Gasteiger partial charge in [-0.3, -0.25) is 4.79 Å². The maximum atomic E-state index is 12.9. The highest BCUT2D eigenvalue weighted by atomic mass is 79.9. The molecular weight excluding hydrogens is 436 g/mol. The van der Waals surface area contributed by atoms with Gasteiger partial charge in [-0.1, -0.05) is 41.9 Å². The molecule has 0 spiro atoms. The fraction of sp³-hybridized carbons (Fsp3) is 0.632. The summed E-state index contributed by atoms with van der Waals surface area (Å²) in [7, 11) is -5.63. The van der Waals surface area contributed by atoms with Gasteiger partial charge in [0.25, 0.3) is 10.1 Å². The van der Waals surface area contributed by atoms with Crippen molar-refractivity contribution in [3.63, 3.8) is 0 Å². The van der Waals surface area contributed by atoms with Gasteiger partial charge >= 0.3 is 0 Å². The van der Waals surface area contributed by atoms with Gasteiger partial charge in [0.05, 0.1) is 11.2 Å². The first-order valence-electron chi connectivity index (χ1n) is 8.79. The number of ketones is 1. The Hall–Kier alpha value is -0.370. The van der Waals surface area contributed by atoms with Crippen LogP contribution in [0.15, 0.2) is 28.7 Å². The molecule has 2 atom stereocenters. The highest BCUT2D eigenvalue weighted by Crippen LogP contribution is 2.64. The van der Waals surface area contributed by atoms with E-state index in [2.05, 4.69) is 15.9 Å². The molecule has 2 fully saturated rings. The highest BCUT2D eigenvalue weighted by Gasteiger charge is 2.65. The van der Waals surface area contributed by atoms with Gasteiger partial charge in [0, 0.05) is 16.6 Å². The summed E-state index contributed by atoms with van der Waals surface area (Å²) in [4.78, 5) is 12.6. The van der Waals surface area contributed by atoms with Crippen molar-refractivity contribution in [2.45, 2.75) is 38.9 Å². The van der Waals surface area contributed by atoms with Crippen LogP contribution in [0.3, 0.4) is 0 Å². The third kappa shape index (κ3) is 3.64. The Morgan fingerprint density at radius 1 is 1.19 bits per heavy atom. The number of carbonyl (C=O) groups is 1. The summed E-state index contributed by atoms with van der Waals surface area (Å²) in [5, 5.41) is 0. The van der Waals surface area contributed by atoms with Crippen molar-refractivity contribution in [1.82, 2.24) is 0 Å². The fourth-order valence-electron chi connectivity index (χ4n) is 4.72. The van der Waals surface area contributed by atoms with Gasteiger partial charge < -0.3 is 0 Å². The summed E-state index contributed by atoms with van der Waals surface area (Å²) in [6.45, 7) is 4.09. The molecular formula is C19H27BrO4S2. The molecule has 0 amide bonds. The Morgan fingerprint density at radius 2 is 1.81 bits per heavy atom. The van der Waals surface area contributed by atoms with E-state index in [-0.39, 0.29) is 17.0 Å². The second kappa shape index (κ2) is 6.61. The number of Topliss-reactive ketones (excluding diaryl/α,β-unsaturated/α-hetero) is 1. The maximum Gasteiger partial charge on any atom is 0.277 e. The molecule has 3 rings (SSSR count). The number of benzene rings is 1. The number of halogens is 1. The third-order valence-corrected chi connectivity index (χ3v) is 11.0. The molecule has 26 heavy (non-hydrogen) atoms. The summed E-state index contributed by atoms with van der Waals surface area (Å²) in [5.74, 6) is 0.783. The Bertz CT molecular complexity index is 814. The molecule has 4 nitrogen and oxygen atoms in total. The van der Waals surface area contributed by atoms with Crippen LogP contribution in [0.2, 0.25) is 0 Å². The Morgan fingerprint density at radius 3 is 2.31 bits per heavy atom. The molecule has 2 bridgehead atoms. The second-order valence-corrected chi connectivity index (χ2v) is 14.7. The second-order valence-electron chi connectivity index (χ2n) is 8.64. The van der Waals surface area contributed by atoms with Gasteiger partial charge in [0.15, 0.2) is 0 Å². The van der Waals surface area contributed by atoms with Crippen LogP contribution < -0.4 is 0 Å². The lowest BCUT2D eigenvalue weighted by Crippen LogP contribution is -2.42. The largest absolute Gasteiger partial charge is 0.299 e. The van der Waals surface area contributed by atoms with E-state index in [0.717, 1.165) is 16.5 Å². The summed E-state index contributed by atoms with van der Waals surface area (Å²) >= 11 is 3.40. The first kappa shape index (κ1) is 20.4. The first-order valence-corrected chi connectivity index (χ1v) is 13.7. The predicted octanol–water partition coefficient (Wildman–Crippen LogP) is 4.67. The van der Waals surface area contributed by atoms with Gasteiger partial charge in [-0.2, -0.15) is 8.42 Å². The number of carbonyl (C=O) groups excluding carboxylic acids is 1. The summed E-state index contributed by atoms with van der Waals surface area (Å²) in [5.41, 5.74) is -0.00485. The predicted molar refractivity (Wildman–Crippen MR) is 111 cm³/mol. The minimum Gasteiger partial charge on any atom is -0.299 e. The first-order chi connectivity index (χ1) is 11.9. The van der Waals surface area contributed by atoms with Crippen LogP contribution in [0.25, 0.3) is 0 Å². The van der Waals surface area contributed by atoms with E-state index in [9.17, 15) is 13.2 Å². The van der Waals surface area contributed by atoms with Gasteiger partial charge in [0.1, 0.15) is 5.78 Å². The number of hydrogen-bond donors (Lipinski definition) is 0. The molecule has 146 valence electrons. The van der Waals surface area contributed by atoms with E-state index in [1.54, 1.807) is 0 Å². The molecule has 2 unspecified atom stereocenters. The van der Waals surface area contributed by atoms with Gasteiger partial charge in [-0.15, -0.1) is 10.3 Å². The van der Waals surface area contributed by atoms with E-state index in [1.165, 1.54) is 0 Å². The van der Waals surface area contributed by atoms with Crippen LogP contribution in [0, 0.1) is 16.7 Å². The van der Waals surface area contributed by atoms with E-state index >= 15 is 0 Å². The van der Waals surface area contributed by atoms with Gasteiger partial charge in [-0.25, -0.2) is 3.63 Å². The molecule has 0 aliphatic heterocycles. The number of rotatable bonds is 6. The highest BCUT2D eigenvalue weighted by molar-refractivity contribution is 9.10. The van der Waals surface area contributed by atoms with E-state index < -0.39 is 25.8 Å². The molecule has 0 N–H and O–H groups in total. The fourth-order valence-corrected chi connectivity index (χ4v) is 9.89. The zero-order chi connectivity index (χ0) is 19.4. The van der Waals surface area contributed by atoms with Crippen LogP contribution >= 0.6 is 26.2 Å². The van der Waals surface area contributed by atoms with Gasteiger partial charge in [0.2, 0.25) is 0 Å². The van der Waals surface area contributed by atoms with Crippen LogP contribution in [0.4, 0.5) is 0 Å². The van der Waals surface area contributed by atoms with Crippen LogP contribution in [-0.4, -0.2) is 32.5 Å². The standard InChI is InChI=1S/C19H27BrO4S2/c1-18(2)15-9-10-19(18,17(21)11-15)13-26(22,23)24-25(3,4)12-14-5-7-16(20)8-6-14/h5-8,15H,9-13H2,1-4H3. The van der Waals surface area contributed by atoms with E-state index in [0.29, 0.717) is 24.5 Å². The van der Waals surface area contributed by atoms with E-state index in [1.807, 2.05) is 50.6 Å². The average Bonchev–Trinajstić information content (AvgIpc) is 2.81. The number of hydrogen-bond acceptors (Lipinski definition) is 4. The Labute approximate surface area is 166 Å². The molecule has 2 aliphatic carbocycles. The number of fused-ring (bicyclic) bond motifs is 2. The third-order valence-electron chi connectivity index (χ3n) is 6.28. The topological polar surface area (TPSA) is 60.4 Å². The minimum atomic E-state index is -3.79.